The molecule has 0 bridgehead atoms. The van der Waals surface area contributed by atoms with E-state index in [0.29, 0.717) is 5.69 Å². The van der Waals surface area contributed by atoms with Gasteiger partial charge in [0.1, 0.15) is 0 Å². The maximum Gasteiger partial charge on any atom is 0.155 e. The molecule has 1 heterocycles. The van der Waals surface area contributed by atoms with E-state index < -0.39 is 0 Å². The molecule has 0 saturated carbocycles. The van der Waals surface area contributed by atoms with Crippen molar-refractivity contribution in [1.82, 2.24) is 4.98 Å². The first kappa shape index (κ1) is 11.5. The van der Waals surface area contributed by atoms with E-state index in [-0.39, 0.29) is 0 Å². The zero-order valence-corrected chi connectivity index (χ0v) is 10.4. The van der Waals surface area contributed by atoms with Gasteiger partial charge in [0.15, 0.2) is 5.82 Å². The second-order valence-corrected chi connectivity index (χ2v) is 4.27. The summed E-state index contributed by atoms with van der Waals surface area (Å²) in [7, 11) is 1.98. The number of aryl methyl sites for hydroxylation is 2. The van der Waals surface area contributed by atoms with Crippen molar-refractivity contribution in [2.75, 3.05) is 17.7 Å². The summed E-state index contributed by atoms with van der Waals surface area (Å²) in [5, 5.41) is 0. The summed E-state index contributed by atoms with van der Waals surface area (Å²) < 4.78 is 0. The molecule has 2 N–H and O–H groups in total. The van der Waals surface area contributed by atoms with Gasteiger partial charge in [-0.15, -0.1) is 0 Å². The molecule has 0 unspecified atom stereocenters. The van der Waals surface area contributed by atoms with E-state index in [9.17, 15) is 0 Å². The SMILES string of the molecule is Cc1ccc(N(C)c2ncccc2N)c(C)c1. The lowest BCUT2D eigenvalue weighted by Crippen LogP contribution is -2.14. The first-order valence-corrected chi connectivity index (χ1v) is 5.61. The van der Waals surface area contributed by atoms with Gasteiger partial charge in [-0.1, -0.05) is 17.7 Å². The summed E-state index contributed by atoms with van der Waals surface area (Å²) in [6.07, 6.45) is 1.76. The van der Waals surface area contributed by atoms with Crippen LogP contribution in [0.3, 0.4) is 0 Å². The van der Waals surface area contributed by atoms with Crippen LogP contribution in [0.2, 0.25) is 0 Å². The Balaban J connectivity index is 2.44. The predicted molar refractivity (Wildman–Crippen MR) is 72.6 cm³/mol. The zero-order chi connectivity index (χ0) is 12.4. The van der Waals surface area contributed by atoms with Crippen LogP contribution in [0.1, 0.15) is 11.1 Å². The summed E-state index contributed by atoms with van der Waals surface area (Å²) in [5.74, 6) is 0.791. The van der Waals surface area contributed by atoms with Gasteiger partial charge in [-0.2, -0.15) is 0 Å². The monoisotopic (exact) mass is 227 g/mol. The second-order valence-electron chi connectivity index (χ2n) is 4.27. The van der Waals surface area contributed by atoms with Crippen molar-refractivity contribution in [3.63, 3.8) is 0 Å². The largest absolute Gasteiger partial charge is 0.396 e. The molecule has 0 aliphatic rings. The highest BCUT2D eigenvalue weighted by atomic mass is 15.2. The van der Waals surface area contributed by atoms with Gasteiger partial charge in [-0.25, -0.2) is 4.98 Å². The van der Waals surface area contributed by atoms with Crippen LogP contribution in [-0.4, -0.2) is 12.0 Å². The third kappa shape index (κ3) is 2.23. The number of rotatable bonds is 2. The lowest BCUT2D eigenvalue weighted by atomic mass is 10.1. The Morgan fingerprint density at radius 1 is 1.18 bits per heavy atom. The lowest BCUT2D eigenvalue weighted by molar-refractivity contribution is 1.11. The number of hydrogen-bond acceptors (Lipinski definition) is 3. The summed E-state index contributed by atoms with van der Waals surface area (Å²) in [5.41, 5.74) is 10.2. The maximum absolute atomic E-state index is 5.93. The minimum atomic E-state index is 0.690. The number of hydrogen-bond donors (Lipinski definition) is 1. The Morgan fingerprint density at radius 3 is 2.59 bits per heavy atom. The molecule has 0 fully saturated rings. The lowest BCUT2D eigenvalue weighted by Gasteiger charge is -2.22. The van der Waals surface area contributed by atoms with E-state index >= 15 is 0 Å². The fourth-order valence-electron chi connectivity index (χ4n) is 1.99. The van der Waals surface area contributed by atoms with E-state index in [0.717, 1.165) is 11.5 Å². The molecule has 0 radical (unpaired) electrons. The van der Waals surface area contributed by atoms with Crippen molar-refractivity contribution in [3.05, 3.63) is 47.7 Å². The predicted octanol–water partition coefficient (Wildman–Crippen LogP) is 3.05. The summed E-state index contributed by atoms with van der Waals surface area (Å²) >= 11 is 0. The molecular weight excluding hydrogens is 210 g/mol. The topological polar surface area (TPSA) is 42.2 Å². The molecule has 0 aliphatic carbocycles. The van der Waals surface area contributed by atoms with Crippen molar-refractivity contribution in [1.29, 1.82) is 0 Å². The summed E-state index contributed by atoms with van der Waals surface area (Å²) in [6.45, 7) is 4.18. The third-order valence-corrected chi connectivity index (χ3v) is 2.85. The number of nitrogens with zero attached hydrogens (tertiary/aromatic N) is 2. The van der Waals surface area contributed by atoms with Gasteiger partial charge in [-0.3, -0.25) is 0 Å². The van der Waals surface area contributed by atoms with Gasteiger partial charge in [0.05, 0.1) is 5.69 Å². The summed E-state index contributed by atoms with van der Waals surface area (Å²) in [4.78, 5) is 6.34. The van der Waals surface area contributed by atoms with Crippen LogP contribution in [-0.2, 0) is 0 Å². The fraction of sp³-hybridized carbons (Fsp3) is 0.214. The van der Waals surface area contributed by atoms with E-state index in [4.69, 9.17) is 5.73 Å². The van der Waals surface area contributed by atoms with Gasteiger partial charge >= 0.3 is 0 Å². The second kappa shape index (κ2) is 4.45. The average Bonchev–Trinajstić information content (AvgIpc) is 2.29. The third-order valence-electron chi connectivity index (χ3n) is 2.85. The molecule has 0 amide bonds. The summed E-state index contributed by atoms with van der Waals surface area (Å²) in [6, 6.07) is 10.1. The van der Waals surface area contributed by atoms with E-state index in [1.54, 1.807) is 6.20 Å². The highest BCUT2D eigenvalue weighted by Crippen LogP contribution is 2.29. The van der Waals surface area contributed by atoms with Gasteiger partial charge in [0.25, 0.3) is 0 Å². The highest BCUT2D eigenvalue weighted by molar-refractivity contribution is 5.72. The van der Waals surface area contributed by atoms with Gasteiger partial charge in [0, 0.05) is 18.9 Å². The highest BCUT2D eigenvalue weighted by Gasteiger charge is 2.10. The van der Waals surface area contributed by atoms with Crippen molar-refractivity contribution >= 4 is 17.2 Å². The Morgan fingerprint density at radius 2 is 1.94 bits per heavy atom. The van der Waals surface area contributed by atoms with Crippen LogP contribution in [0.4, 0.5) is 17.2 Å². The van der Waals surface area contributed by atoms with Crippen LogP contribution in [0.15, 0.2) is 36.5 Å². The molecular formula is C14H17N3. The minimum Gasteiger partial charge on any atom is -0.396 e. The number of nitrogen functional groups attached to an aromatic ring is 1. The van der Waals surface area contributed by atoms with Crippen molar-refractivity contribution in [3.8, 4) is 0 Å². The van der Waals surface area contributed by atoms with E-state index in [2.05, 4.69) is 37.0 Å². The normalized spacial score (nSPS) is 10.3. The molecule has 3 nitrogen and oxygen atoms in total. The van der Waals surface area contributed by atoms with Crippen LogP contribution >= 0.6 is 0 Å². The van der Waals surface area contributed by atoms with Crippen molar-refractivity contribution in [2.24, 2.45) is 0 Å². The molecule has 0 atom stereocenters. The minimum absolute atomic E-state index is 0.690. The van der Waals surface area contributed by atoms with Crippen LogP contribution in [0.25, 0.3) is 0 Å². The molecule has 2 aromatic rings. The van der Waals surface area contributed by atoms with E-state index in [1.165, 1.54) is 11.1 Å². The average molecular weight is 227 g/mol. The van der Waals surface area contributed by atoms with Crippen LogP contribution in [0.5, 0.6) is 0 Å². The molecule has 0 aliphatic heterocycles. The molecule has 0 saturated heterocycles. The van der Waals surface area contributed by atoms with Crippen LogP contribution < -0.4 is 10.6 Å². The quantitative estimate of drug-likeness (QED) is 0.857. The van der Waals surface area contributed by atoms with Gasteiger partial charge in [0.2, 0.25) is 0 Å². The van der Waals surface area contributed by atoms with Crippen molar-refractivity contribution in [2.45, 2.75) is 13.8 Å². The molecule has 1 aromatic carbocycles. The maximum atomic E-state index is 5.93. The molecule has 1 aromatic heterocycles. The van der Waals surface area contributed by atoms with Gasteiger partial charge in [-0.05, 0) is 37.6 Å². The first-order chi connectivity index (χ1) is 8.09. The number of benzene rings is 1. The van der Waals surface area contributed by atoms with Crippen molar-refractivity contribution < 1.29 is 0 Å². The Kier molecular flexibility index (Phi) is 3.00. The molecule has 17 heavy (non-hydrogen) atoms. The van der Waals surface area contributed by atoms with E-state index in [1.807, 2.05) is 24.1 Å². The standard InChI is InChI=1S/C14H17N3/c1-10-6-7-13(11(2)9-10)17(3)14-12(15)5-4-8-16-14/h4-9H,15H2,1-3H3. The zero-order valence-electron chi connectivity index (χ0n) is 10.4. The number of nitrogens with two attached hydrogens (primary N) is 1. The number of aromatic nitrogens is 1. The first-order valence-electron chi connectivity index (χ1n) is 5.61. The van der Waals surface area contributed by atoms with Gasteiger partial charge < -0.3 is 10.6 Å². The smallest absolute Gasteiger partial charge is 0.155 e. The fourth-order valence-corrected chi connectivity index (χ4v) is 1.99. The Bertz CT molecular complexity index is 535. The molecule has 3 heteroatoms. The molecule has 88 valence electrons. The number of pyridine rings is 1. The Hall–Kier alpha value is -2.03. The Labute approximate surface area is 102 Å². The number of anilines is 3. The van der Waals surface area contributed by atoms with Crippen LogP contribution in [0, 0.1) is 13.8 Å². The molecule has 2 rings (SSSR count). The molecule has 0 spiro atoms.